The van der Waals surface area contributed by atoms with Crippen molar-refractivity contribution in [1.82, 2.24) is 4.72 Å². The number of benzene rings is 2. The second-order valence-electron chi connectivity index (χ2n) is 6.80. The standard InChI is InChI=1S/C20H21FN2O6S/c1-28-20(25)18-12-23(16-5-3-4-6-17(16)29-18)19(24)11-15(22-30(2,26)27)13-7-9-14(21)10-8-13/h3-10,15,18,22H,11-12H2,1-2H3. The van der Waals surface area contributed by atoms with E-state index in [1.54, 1.807) is 24.3 Å². The molecule has 1 aliphatic heterocycles. The maximum Gasteiger partial charge on any atom is 0.348 e. The average molecular weight is 436 g/mol. The molecule has 1 heterocycles. The fourth-order valence-corrected chi connectivity index (χ4v) is 3.93. The van der Waals surface area contributed by atoms with Crippen LogP contribution in [-0.4, -0.2) is 46.3 Å². The molecule has 3 rings (SSSR count). The van der Waals surface area contributed by atoms with Gasteiger partial charge in [0.1, 0.15) is 11.6 Å². The third-order valence-corrected chi connectivity index (χ3v) is 5.26. The van der Waals surface area contributed by atoms with Crippen LogP contribution in [0.3, 0.4) is 0 Å². The lowest BCUT2D eigenvalue weighted by Gasteiger charge is -2.34. The summed E-state index contributed by atoms with van der Waals surface area (Å²) in [6, 6.07) is 11.0. The van der Waals surface area contributed by atoms with Crippen molar-refractivity contribution in [2.24, 2.45) is 0 Å². The van der Waals surface area contributed by atoms with Crippen molar-refractivity contribution in [2.45, 2.75) is 18.6 Å². The first-order chi connectivity index (χ1) is 14.2. The van der Waals surface area contributed by atoms with Gasteiger partial charge in [-0.25, -0.2) is 22.3 Å². The molecule has 0 aromatic heterocycles. The third kappa shape index (κ3) is 5.14. The lowest BCUT2D eigenvalue weighted by molar-refractivity contribution is -0.148. The number of hydrogen-bond donors (Lipinski definition) is 1. The number of amides is 1. The van der Waals surface area contributed by atoms with Crippen molar-refractivity contribution < 1.29 is 31.9 Å². The number of para-hydroxylation sites is 2. The number of methoxy groups -OCH3 is 1. The van der Waals surface area contributed by atoms with Crippen LogP contribution in [0.15, 0.2) is 48.5 Å². The van der Waals surface area contributed by atoms with Gasteiger partial charge in [-0.15, -0.1) is 0 Å². The molecule has 0 spiro atoms. The van der Waals surface area contributed by atoms with Crippen molar-refractivity contribution in [3.05, 3.63) is 59.9 Å². The van der Waals surface area contributed by atoms with E-state index in [0.29, 0.717) is 17.0 Å². The Morgan fingerprint density at radius 1 is 1.23 bits per heavy atom. The number of hydrogen-bond acceptors (Lipinski definition) is 6. The zero-order valence-electron chi connectivity index (χ0n) is 16.4. The number of anilines is 1. The number of esters is 1. The minimum absolute atomic E-state index is 0.0858. The molecule has 0 radical (unpaired) electrons. The summed E-state index contributed by atoms with van der Waals surface area (Å²) in [5, 5.41) is 0. The van der Waals surface area contributed by atoms with Gasteiger partial charge in [-0.05, 0) is 29.8 Å². The first-order valence-corrected chi connectivity index (χ1v) is 10.9. The summed E-state index contributed by atoms with van der Waals surface area (Å²) < 4.78 is 49.7. The molecule has 1 amide bonds. The number of sulfonamides is 1. The van der Waals surface area contributed by atoms with Crippen molar-refractivity contribution in [2.75, 3.05) is 24.8 Å². The van der Waals surface area contributed by atoms with E-state index in [1.807, 2.05) is 0 Å². The summed E-state index contributed by atoms with van der Waals surface area (Å²) in [6.45, 7) is -0.0858. The molecule has 0 bridgehead atoms. The molecule has 1 aliphatic rings. The maximum absolute atomic E-state index is 13.3. The Hall–Kier alpha value is -2.98. The van der Waals surface area contributed by atoms with E-state index < -0.39 is 39.9 Å². The van der Waals surface area contributed by atoms with Crippen LogP contribution in [0.2, 0.25) is 0 Å². The van der Waals surface area contributed by atoms with Crippen LogP contribution in [0, 0.1) is 5.82 Å². The van der Waals surface area contributed by atoms with Gasteiger partial charge in [0.25, 0.3) is 0 Å². The van der Waals surface area contributed by atoms with Gasteiger partial charge in [0.05, 0.1) is 31.6 Å². The zero-order valence-corrected chi connectivity index (χ0v) is 17.2. The minimum atomic E-state index is -3.66. The van der Waals surface area contributed by atoms with Crippen molar-refractivity contribution in [3.8, 4) is 5.75 Å². The van der Waals surface area contributed by atoms with Crippen LogP contribution >= 0.6 is 0 Å². The summed E-state index contributed by atoms with van der Waals surface area (Å²) >= 11 is 0. The topological polar surface area (TPSA) is 102 Å². The lowest BCUT2D eigenvalue weighted by atomic mass is 10.0. The molecule has 0 aliphatic carbocycles. The monoisotopic (exact) mass is 436 g/mol. The SMILES string of the molecule is COC(=O)C1CN(C(=O)CC(NS(C)(=O)=O)c2ccc(F)cc2)c2ccccc2O1. The number of nitrogens with one attached hydrogen (secondary N) is 1. The summed E-state index contributed by atoms with van der Waals surface area (Å²) in [5.74, 6) is -1.22. The molecular weight excluding hydrogens is 415 g/mol. The fourth-order valence-electron chi connectivity index (χ4n) is 3.19. The highest BCUT2D eigenvalue weighted by molar-refractivity contribution is 7.88. The quantitative estimate of drug-likeness (QED) is 0.693. The molecule has 160 valence electrons. The Labute approximate surface area is 173 Å². The highest BCUT2D eigenvalue weighted by atomic mass is 32.2. The number of carbonyl (C=O) groups excluding carboxylic acids is 2. The molecule has 10 heteroatoms. The molecule has 0 fully saturated rings. The minimum Gasteiger partial charge on any atom is -0.475 e. The van der Waals surface area contributed by atoms with Crippen LogP contribution in [0.25, 0.3) is 0 Å². The van der Waals surface area contributed by atoms with Gasteiger partial charge in [0, 0.05) is 6.42 Å². The Balaban J connectivity index is 1.90. The van der Waals surface area contributed by atoms with Crippen molar-refractivity contribution in [3.63, 3.8) is 0 Å². The normalized spacial score (nSPS) is 16.9. The van der Waals surface area contributed by atoms with Crippen molar-refractivity contribution in [1.29, 1.82) is 0 Å². The zero-order chi connectivity index (χ0) is 21.9. The molecule has 30 heavy (non-hydrogen) atoms. The smallest absolute Gasteiger partial charge is 0.348 e. The molecule has 8 nitrogen and oxygen atoms in total. The molecule has 2 unspecified atom stereocenters. The van der Waals surface area contributed by atoms with Gasteiger partial charge in [-0.1, -0.05) is 24.3 Å². The predicted molar refractivity (Wildman–Crippen MR) is 107 cm³/mol. The average Bonchev–Trinajstić information content (AvgIpc) is 2.71. The first-order valence-electron chi connectivity index (χ1n) is 9.04. The molecule has 2 atom stereocenters. The van der Waals surface area contributed by atoms with Crippen molar-refractivity contribution >= 4 is 27.6 Å². The Morgan fingerprint density at radius 3 is 2.53 bits per heavy atom. The van der Waals surface area contributed by atoms with Gasteiger partial charge >= 0.3 is 5.97 Å². The molecule has 2 aromatic rings. The summed E-state index contributed by atoms with van der Waals surface area (Å²) in [7, 11) is -2.44. The molecule has 0 saturated heterocycles. The second-order valence-corrected chi connectivity index (χ2v) is 8.58. The van der Waals surface area contributed by atoms with Crippen LogP contribution in [-0.2, 0) is 24.3 Å². The van der Waals surface area contributed by atoms with E-state index in [0.717, 1.165) is 6.26 Å². The van der Waals surface area contributed by atoms with Gasteiger partial charge in [0.15, 0.2) is 0 Å². The van der Waals surface area contributed by atoms with E-state index in [1.165, 1.54) is 36.3 Å². The highest BCUT2D eigenvalue weighted by Crippen LogP contribution is 2.34. The van der Waals surface area contributed by atoms with E-state index in [4.69, 9.17) is 9.47 Å². The van der Waals surface area contributed by atoms with Gasteiger partial charge in [-0.2, -0.15) is 0 Å². The van der Waals surface area contributed by atoms with E-state index in [9.17, 15) is 22.4 Å². The number of rotatable bonds is 6. The fraction of sp³-hybridized carbons (Fsp3) is 0.300. The number of halogens is 1. The number of fused-ring (bicyclic) bond motifs is 1. The first kappa shape index (κ1) is 21.7. The van der Waals surface area contributed by atoms with Crippen LogP contribution in [0.4, 0.5) is 10.1 Å². The summed E-state index contributed by atoms with van der Waals surface area (Å²) in [6.07, 6.45) is -0.285. The van der Waals surface area contributed by atoms with Gasteiger partial charge in [-0.3, -0.25) is 4.79 Å². The van der Waals surface area contributed by atoms with E-state index in [2.05, 4.69) is 4.72 Å². The van der Waals surface area contributed by atoms with Gasteiger partial charge < -0.3 is 14.4 Å². The molecule has 0 saturated carbocycles. The highest BCUT2D eigenvalue weighted by Gasteiger charge is 2.35. The maximum atomic E-state index is 13.3. The Kier molecular flexibility index (Phi) is 6.37. The molecule has 1 N–H and O–H groups in total. The van der Waals surface area contributed by atoms with E-state index >= 15 is 0 Å². The molecule has 2 aromatic carbocycles. The third-order valence-electron chi connectivity index (χ3n) is 4.55. The predicted octanol–water partition coefficient (Wildman–Crippen LogP) is 1.77. The number of nitrogens with zero attached hydrogens (tertiary/aromatic N) is 1. The number of carbonyl (C=O) groups is 2. The largest absolute Gasteiger partial charge is 0.475 e. The van der Waals surface area contributed by atoms with Crippen LogP contribution < -0.4 is 14.4 Å². The lowest BCUT2D eigenvalue weighted by Crippen LogP contribution is -2.48. The second kappa shape index (κ2) is 8.80. The van der Waals surface area contributed by atoms with Crippen LogP contribution in [0.1, 0.15) is 18.0 Å². The van der Waals surface area contributed by atoms with Crippen LogP contribution in [0.5, 0.6) is 5.75 Å². The van der Waals surface area contributed by atoms with Gasteiger partial charge in [0.2, 0.25) is 22.0 Å². The summed E-state index contributed by atoms with van der Waals surface area (Å²) in [5.41, 5.74) is 0.890. The summed E-state index contributed by atoms with van der Waals surface area (Å²) in [4.78, 5) is 26.5. The number of ether oxygens (including phenoxy) is 2. The Morgan fingerprint density at radius 2 is 1.90 bits per heavy atom. The molecular formula is C20H21FN2O6S. The Bertz CT molecular complexity index is 1040. The van der Waals surface area contributed by atoms with E-state index in [-0.39, 0.29) is 13.0 Å².